The molecule has 0 aliphatic carbocycles. The predicted molar refractivity (Wildman–Crippen MR) is 95.7 cm³/mol. The van der Waals surface area contributed by atoms with Gasteiger partial charge in [0.2, 0.25) is 0 Å². The average Bonchev–Trinajstić information content (AvgIpc) is 2.62. The normalized spacial score (nSPS) is 14.3. The van der Waals surface area contributed by atoms with E-state index in [0.717, 1.165) is 16.7 Å². The Bertz CT molecular complexity index is 780. The van der Waals surface area contributed by atoms with Crippen LogP contribution in [0.15, 0.2) is 48.5 Å². The maximum Gasteiger partial charge on any atom is 0.311 e. The van der Waals surface area contributed by atoms with Crippen molar-refractivity contribution < 1.29 is 15.0 Å². The van der Waals surface area contributed by atoms with Crippen LogP contribution in [0.25, 0.3) is 11.1 Å². The van der Waals surface area contributed by atoms with Crippen LogP contribution >= 0.6 is 0 Å². The van der Waals surface area contributed by atoms with Crippen molar-refractivity contribution in [3.63, 3.8) is 0 Å². The minimum Gasteiger partial charge on any atom is -0.481 e. The molecule has 0 bridgehead atoms. The average molecular weight is 338 g/mol. The highest BCUT2D eigenvalue weighted by Gasteiger charge is 2.34. The summed E-state index contributed by atoms with van der Waals surface area (Å²) in [6, 6.07) is 17.0. The summed E-state index contributed by atoms with van der Waals surface area (Å²) in [6.07, 6.45) is 0.728. The Kier molecular flexibility index (Phi) is 5.92. The summed E-state index contributed by atoms with van der Waals surface area (Å²) in [7, 11) is 0. The fourth-order valence-electron chi connectivity index (χ4n) is 2.77. The number of carbonyl (C=O) groups is 1. The van der Waals surface area contributed by atoms with Crippen molar-refractivity contribution in [2.45, 2.75) is 25.8 Å². The number of nitrogens with zero attached hydrogens (tertiary/aromatic N) is 1. The quantitative estimate of drug-likeness (QED) is 0.719. The molecule has 4 N–H and O–H groups in total. The van der Waals surface area contributed by atoms with E-state index in [4.69, 9.17) is 11.0 Å². The highest BCUT2D eigenvalue weighted by atomic mass is 16.4. The fraction of sp³-hybridized carbons (Fsp3) is 0.300. The monoisotopic (exact) mass is 338 g/mol. The summed E-state index contributed by atoms with van der Waals surface area (Å²) in [5.41, 5.74) is 8.43. The van der Waals surface area contributed by atoms with Crippen molar-refractivity contribution in [3.8, 4) is 17.2 Å². The first-order valence-corrected chi connectivity index (χ1v) is 8.07. The summed E-state index contributed by atoms with van der Waals surface area (Å²) in [4.78, 5) is 11.3. The number of carboxylic acid groups (broad SMARTS) is 1. The lowest BCUT2D eigenvalue weighted by molar-refractivity contribution is -0.151. The SMILES string of the molecule is C[C@@](CO)(C[C@H](N)Cc1ccc(-c2cccc(C#N)c2)cc1)C(=O)O. The minimum atomic E-state index is -1.23. The maximum absolute atomic E-state index is 11.3. The van der Waals surface area contributed by atoms with E-state index in [2.05, 4.69) is 6.07 Å². The Balaban J connectivity index is 2.07. The number of benzene rings is 2. The van der Waals surface area contributed by atoms with E-state index in [1.54, 1.807) is 6.07 Å². The zero-order valence-electron chi connectivity index (χ0n) is 14.1. The number of carboxylic acids is 1. The molecule has 0 saturated carbocycles. The van der Waals surface area contributed by atoms with Crippen LogP contribution in [-0.2, 0) is 11.2 Å². The number of aliphatic carboxylic acids is 1. The number of rotatable bonds is 7. The van der Waals surface area contributed by atoms with E-state index in [9.17, 15) is 15.0 Å². The lowest BCUT2D eigenvalue weighted by Crippen LogP contribution is -2.39. The van der Waals surface area contributed by atoms with Crippen molar-refractivity contribution in [2.24, 2.45) is 11.1 Å². The number of aliphatic hydroxyl groups excluding tert-OH is 1. The molecular weight excluding hydrogens is 316 g/mol. The summed E-state index contributed by atoms with van der Waals surface area (Å²) in [5.74, 6) is -1.04. The molecule has 2 aromatic rings. The van der Waals surface area contributed by atoms with Crippen LogP contribution < -0.4 is 5.73 Å². The molecule has 0 amide bonds. The molecular formula is C20H22N2O3. The summed E-state index contributed by atoms with van der Waals surface area (Å²) in [6.45, 7) is 1.06. The molecule has 2 atom stereocenters. The molecule has 2 aromatic carbocycles. The molecule has 25 heavy (non-hydrogen) atoms. The Morgan fingerprint density at radius 1 is 1.24 bits per heavy atom. The van der Waals surface area contributed by atoms with E-state index in [1.165, 1.54) is 6.92 Å². The molecule has 0 fully saturated rings. The first kappa shape index (κ1) is 18.7. The lowest BCUT2D eigenvalue weighted by atomic mass is 9.83. The van der Waals surface area contributed by atoms with Crippen molar-refractivity contribution in [1.82, 2.24) is 0 Å². The van der Waals surface area contributed by atoms with Gasteiger partial charge in [0, 0.05) is 6.04 Å². The van der Waals surface area contributed by atoms with E-state index < -0.39 is 18.0 Å². The predicted octanol–water partition coefficient (Wildman–Crippen LogP) is 2.57. The second-order valence-electron chi connectivity index (χ2n) is 6.58. The maximum atomic E-state index is 11.3. The van der Waals surface area contributed by atoms with Crippen molar-refractivity contribution >= 4 is 5.97 Å². The van der Waals surface area contributed by atoms with Gasteiger partial charge in [-0.25, -0.2) is 0 Å². The van der Waals surface area contributed by atoms with E-state index in [1.807, 2.05) is 42.5 Å². The largest absolute Gasteiger partial charge is 0.481 e. The third-order valence-electron chi connectivity index (χ3n) is 4.35. The number of hydrogen-bond acceptors (Lipinski definition) is 4. The van der Waals surface area contributed by atoms with Gasteiger partial charge in [0.1, 0.15) is 0 Å². The van der Waals surface area contributed by atoms with Gasteiger partial charge in [-0.3, -0.25) is 4.79 Å². The molecule has 5 heteroatoms. The Morgan fingerprint density at radius 2 is 1.92 bits per heavy atom. The molecule has 0 aromatic heterocycles. The van der Waals surface area contributed by atoms with Crippen molar-refractivity contribution in [3.05, 3.63) is 59.7 Å². The van der Waals surface area contributed by atoms with Gasteiger partial charge >= 0.3 is 5.97 Å². The van der Waals surface area contributed by atoms with Gasteiger partial charge in [0.25, 0.3) is 0 Å². The van der Waals surface area contributed by atoms with Crippen LogP contribution in [0.3, 0.4) is 0 Å². The zero-order valence-corrected chi connectivity index (χ0v) is 14.1. The van der Waals surface area contributed by atoms with Gasteiger partial charge in [-0.05, 0) is 48.6 Å². The first-order valence-electron chi connectivity index (χ1n) is 8.07. The molecule has 0 unspecified atom stereocenters. The Hall–Kier alpha value is -2.68. The number of aliphatic hydroxyl groups is 1. The zero-order chi connectivity index (χ0) is 18.4. The molecule has 0 aliphatic heterocycles. The van der Waals surface area contributed by atoms with Gasteiger partial charge in [-0.2, -0.15) is 5.26 Å². The van der Waals surface area contributed by atoms with Crippen LogP contribution in [0.2, 0.25) is 0 Å². The van der Waals surface area contributed by atoms with Crippen LogP contribution in [0.1, 0.15) is 24.5 Å². The molecule has 130 valence electrons. The Labute approximate surface area is 147 Å². The van der Waals surface area contributed by atoms with Crippen LogP contribution in [0.5, 0.6) is 0 Å². The first-order chi connectivity index (χ1) is 11.9. The summed E-state index contributed by atoms with van der Waals surface area (Å²) in [5, 5.41) is 27.5. The molecule has 0 aliphatic rings. The van der Waals surface area contributed by atoms with Gasteiger partial charge in [0.05, 0.1) is 23.7 Å². The molecule has 0 spiro atoms. The van der Waals surface area contributed by atoms with E-state index >= 15 is 0 Å². The van der Waals surface area contributed by atoms with Crippen molar-refractivity contribution in [2.75, 3.05) is 6.61 Å². The molecule has 0 saturated heterocycles. The standard InChI is InChI=1S/C20H22N2O3/c1-20(13-23,19(24)25)11-18(22)10-14-5-7-16(8-6-14)17-4-2-3-15(9-17)12-21/h2-9,18,23H,10-11,13,22H2,1H3,(H,24,25)/t18-,20+/m1/s1. The molecule has 0 heterocycles. The molecule has 2 rings (SSSR count). The molecule has 5 nitrogen and oxygen atoms in total. The summed E-state index contributed by atoms with van der Waals surface area (Å²) >= 11 is 0. The fourth-order valence-corrected chi connectivity index (χ4v) is 2.77. The van der Waals surface area contributed by atoms with Gasteiger partial charge in [-0.15, -0.1) is 0 Å². The lowest BCUT2D eigenvalue weighted by Gasteiger charge is -2.25. The smallest absolute Gasteiger partial charge is 0.311 e. The minimum absolute atomic E-state index is 0.199. The molecule has 0 radical (unpaired) electrons. The number of hydrogen-bond donors (Lipinski definition) is 3. The summed E-state index contributed by atoms with van der Waals surface area (Å²) < 4.78 is 0. The van der Waals surface area contributed by atoms with Gasteiger partial charge in [-0.1, -0.05) is 36.4 Å². The topological polar surface area (TPSA) is 107 Å². The van der Waals surface area contributed by atoms with Crippen LogP contribution in [0.4, 0.5) is 0 Å². The van der Waals surface area contributed by atoms with Gasteiger partial charge in [0.15, 0.2) is 0 Å². The van der Waals surface area contributed by atoms with E-state index in [-0.39, 0.29) is 12.5 Å². The third kappa shape index (κ3) is 4.66. The highest BCUT2D eigenvalue weighted by molar-refractivity contribution is 5.74. The van der Waals surface area contributed by atoms with Crippen LogP contribution in [0, 0.1) is 16.7 Å². The second-order valence-corrected chi connectivity index (χ2v) is 6.58. The highest BCUT2D eigenvalue weighted by Crippen LogP contribution is 2.25. The number of nitriles is 1. The van der Waals surface area contributed by atoms with Crippen molar-refractivity contribution in [1.29, 1.82) is 5.26 Å². The third-order valence-corrected chi connectivity index (χ3v) is 4.35. The number of nitrogens with two attached hydrogens (primary N) is 1. The van der Waals surface area contributed by atoms with E-state index in [0.29, 0.717) is 12.0 Å². The van der Waals surface area contributed by atoms with Gasteiger partial charge < -0.3 is 15.9 Å². The Morgan fingerprint density at radius 3 is 2.48 bits per heavy atom. The second kappa shape index (κ2) is 7.93. The van der Waals surface area contributed by atoms with Crippen LogP contribution in [-0.4, -0.2) is 28.8 Å².